The Morgan fingerprint density at radius 1 is 1.31 bits per heavy atom. The first-order chi connectivity index (χ1) is 12.4. The van der Waals surface area contributed by atoms with Crippen LogP contribution in [0.1, 0.15) is 17.0 Å². The van der Waals surface area contributed by atoms with Gasteiger partial charge in [0.15, 0.2) is 0 Å². The van der Waals surface area contributed by atoms with Crippen LogP contribution in [0.3, 0.4) is 0 Å². The SMILES string of the molecule is Cc1nsc(N2CCN(C(=O)Cn3c(C)cc(O)cc3=O)CC2)c1C#N. The molecule has 0 unspecified atom stereocenters. The first-order valence-electron chi connectivity index (χ1n) is 8.20. The minimum Gasteiger partial charge on any atom is -0.508 e. The summed E-state index contributed by atoms with van der Waals surface area (Å²) in [4.78, 5) is 28.3. The molecule has 9 heteroatoms. The number of rotatable bonds is 3. The molecule has 2 aromatic heterocycles. The molecule has 0 saturated carbocycles. The maximum atomic E-state index is 12.6. The first kappa shape index (κ1) is 17.9. The van der Waals surface area contributed by atoms with Gasteiger partial charge in [-0.15, -0.1) is 0 Å². The summed E-state index contributed by atoms with van der Waals surface area (Å²) in [6.45, 7) is 5.72. The van der Waals surface area contributed by atoms with Crippen molar-refractivity contribution in [3.8, 4) is 11.8 Å². The fourth-order valence-electron chi connectivity index (χ4n) is 3.01. The molecule has 0 aliphatic carbocycles. The highest BCUT2D eigenvalue weighted by molar-refractivity contribution is 7.10. The molecule has 0 bridgehead atoms. The topological polar surface area (TPSA) is 102 Å². The molecule has 1 aliphatic heterocycles. The van der Waals surface area contributed by atoms with Gasteiger partial charge < -0.3 is 19.5 Å². The molecule has 8 nitrogen and oxygen atoms in total. The number of aromatic nitrogens is 2. The van der Waals surface area contributed by atoms with Gasteiger partial charge in [-0.05, 0) is 31.4 Å². The third kappa shape index (κ3) is 3.41. The summed E-state index contributed by atoms with van der Waals surface area (Å²) in [5, 5.41) is 19.6. The van der Waals surface area contributed by atoms with Crippen molar-refractivity contribution in [2.75, 3.05) is 31.1 Å². The van der Waals surface area contributed by atoms with E-state index in [4.69, 9.17) is 0 Å². The van der Waals surface area contributed by atoms with Crippen molar-refractivity contribution in [3.05, 3.63) is 39.4 Å². The molecule has 1 aliphatic rings. The second-order valence-corrected chi connectivity index (χ2v) is 6.96. The number of hydrogen-bond acceptors (Lipinski definition) is 7. The summed E-state index contributed by atoms with van der Waals surface area (Å²) < 4.78 is 5.59. The second kappa shape index (κ2) is 7.17. The quantitative estimate of drug-likeness (QED) is 0.856. The first-order valence-corrected chi connectivity index (χ1v) is 8.97. The van der Waals surface area contributed by atoms with Crippen molar-refractivity contribution in [3.63, 3.8) is 0 Å². The third-order valence-corrected chi connectivity index (χ3v) is 5.49. The summed E-state index contributed by atoms with van der Waals surface area (Å²) in [5.41, 5.74) is 1.48. The Hall–Kier alpha value is -2.86. The van der Waals surface area contributed by atoms with Crippen LogP contribution in [0, 0.1) is 25.2 Å². The standard InChI is InChI=1S/C17H19N5O3S/c1-11-7-13(23)8-15(24)22(11)10-16(25)20-3-5-21(6-4-20)17-14(9-18)12(2)19-26-17/h7-8,23H,3-6,10H2,1-2H3. The number of nitriles is 1. The Morgan fingerprint density at radius 2 is 2.00 bits per heavy atom. The van der Waals surface area contributed by atoms with Gasteiger partial charge in [0.25, 0.3) is 5.56 Å². The van der Waals surface area contributed by atoms with Crippen molar-refractivity contribution in [2.45, 2.75) is 20.4 Å². The number of aromatic hydroxyl groups is 1. The molecule has 26 heavy (non-hydrogen) atoms. The molecule has 1 N–H and O–H groups in total. The normalized spacial score (nSPS) is 14.3. The number of carbonyl (C=O) groups is 1. The zero-order valence-corrected chi connectivity index (χ0v) is 15.4. The number of aryl methyl sites for hydroxylation is 2. The van der Waals surface area contributed by atoms with E-state index in [1.807, 2.05) is 6.92 Å². The Labute approximate surface area is 154 Å². The lowest BCUT2D eigenvalue weighted by Crippen LogP contribution is -2.50. The number of piperazine rings is 1. The number of nitrogens with zero attached hydrogens (tertiary/aromatic N) is 5. The fourth-order valence-corrected chi connectivity index (χ4v) is 3.91. The van der Waals surface area contributed by atoms with Crippen LogP contribution in [0.4, 0.5) is 5.00 Å². The summed E-state index contributed by atoms with van der Waals surface area (Å²) >= 11 is 1.31. The van der Waals surface area contributed by atoms with Crippen molar-refractivity contribution < 1.29 is 9.90 Å². The molecule has 136 valence electrons. The van der Waals surface area contributed by atoms with Gasteiger partial charge in [0.05, 0.1) is 5.69 Å². The molecule has 3 heterocycles. The fraction of sp³-hybridized carbons (Fsp3) is 0.412. The van der Waals surface area contributed by atoms with Gasteiger partial charge >= 0.3 is 0 Å². The van der Waals surface area contributed by atoms with Crippen molar-refractivity contribution in [1.29, 1.82) is 5.26 Å². The maximum Gasteiger partial charge on any atom is 0.254 e. The van der Waals surface area contributed by atoms with Gasteiger partial charge in [-0.1, -0.05) is 0 Å². The van der Waals surface area contributed by atoms with E-state index in [-0.39, 0.29) is 18.2 Å². The molecule has 1 saturated heterocycles. The van der Waals surface area contributed by atoms with Crippen LogP contribution < -0.4 is 10.5 Å². The monoisotopic (exact) mass is 373 g/mol. The summed E-state index contributed by atoms with van der Waals surface area (Å²) in [7, 11) is 0. The largest absolute Gasteiger partial charge is 0.508 e. The Morgan fingerprint density at radius 3 is 2.62 bits per heavy atom. The van der Waals surface area contributed by atoms with Gasteiger partial charge in [0.1, 0.15) is 28.9 Å². The Kier molecular flexibility index (Phi) is 4.95. The van der Waals surface area contributed by atoms with E-state index < -0.39 is 5.56 Å². The van der Waals surface area contributed by atoms with Gasteiger partial charge in [0, 0.05) is 37.9 Å². The highest BCUT2D eigenvalue weighted by Gasteiger charge is 2.25. The second-order valence-electron chi connectivity index (χ2n) is 6.21. The molecule has 0 atom stereocenters. The van der Waals surface area contributed by atoms with Crippen molar-refractivity contribution in [2.24, 2.45) is 0 Å². The van der Waals surface area contributed by atoms with Gasteiger partial charge in [-0.3, -0.25) is 9.59 Å². The van der Waals surface area contributed by atoms with E-state index in [0.29, 0.717) is 37.4 Å². The van der Waals surface area contributed by atoms with Crippen LogP contribution in [0.5, 0.6) is 5.75 Å². The van der Waals surface area contributed by atoms with Crippen LogP contribution in [-0.4, -0.2) is 51.0 Å². The minimum absolute atomic E-state index is 0.0476. The Balaban J connectivity index is 1.66. The minimum atomic E-state index is -0.395. The predicted molar refractivity (Wildman–Crippen MR) is 97.5 cm³/mol. The van der Waals surface area contributed by atoms with E-state index in [0.717, 1.165) is 16.8 Å². The lowest BCUT2D eigenvalue weighted by atomic mass is 10.2. The average molecular weight is 373 g/mol. The summed E-state index contributed by atoms with van der Waals surface area (Å²) in [5.74, 6) is -0.237. The van der Waals surface area contributed by atoms with Crippen molar-refractivity contribution in [1.82, 2.24) is 13.8 Å². The third-order valence-electron chi connectivity index (χ3n) is 4.49. The van der Waals surface area contributed by atoms with E-state index in [2.05, 4.69) is 15.3 Å². The lowest BCUT2D eigenvalue weighted by molar-refractivity contribution is -0.132. The van der Waals surface area contributed by atoms with Crippen LogP contribution in [-0.2, 0) is 11.3 Å². The Bertz CT molecular complexity index is 935. The lowest BCUT2D eigenvalue weighted by Gasteiger charge is -2.35. The molecule has 3 rings (SSSR count). The number of pyridine rings is 1. The van der Waals surface area contributed by atoms with Crippen molar-refractivity contribution >= 4 is 22.4 Å². The van der Waals surface area contributed by atoms with Crippen LogP contribution in [0.15, 0.2) is 16.9 Å². The smallest absolute Gasteiger partial charge is 0.254 e. The zero-order valence-electron chi connectivity index (χ0n) is 14.6. The molecular formula is C17H19N5O3S. The maximum absolute atomic E-state index is 12.6. The zero-order chi connectivity index (χ0) is 18.8. The summed E-state index contributed by atoms with van der Waals surface area (Å²) in [6, 6.07) is 4.76. The van der Waals surface area contributed by atoms with Crippen LogP contribution >= 0.6 is 11.5 Å². The molecule has 0 radical (unpaired) electrons. The highest BCUT2D eigenvalue weighted by atomic mass is 32.1. The number of hydrogen-bond donors (Lipinski definition) is 1. The van der Waals surface area contributed by atoms with Crippen LogP contribution in [0.2, 0.25) is 0 Å². The van der Waals surface area contributed by atoms with E-state index in [1.54, 1.807) is 11.8 Å². The number of amides is 1. The van der Waals surface area contributed by atoms with Gasteiger partial charge in [-0.25, -0.2) is 0 Å². The molecule has 0 spiro atoms. The number of anilines is 1. The molecule has 1 amide bonds. The van der Waals surface area contributed by atoms with Gasteiger partial charge in [0.2, 0.25) is 5.91 Å². The van der Waals surface area contributed by atoms with Crippen LogP contribution in [0.25, 0.3) is 0 Å². The number of carbonyl (C=O) groups excluding carboxylic acids is 1. The summed E-state index contributed by atoms with van der Waals surface area (Å²) in [6.07, 6.45) is 0. The van der Waals surface area contributed by atoms with E-state index in [9.17, 15) is 20.0 Å². The van der Waals surface area contributed by atoms with E-state index >= 15 is 0 Å². The van der Waals surface area contributed by atoms with Gasteiger partial charge in [-0.2, -0.15) is 9.64 Å². The van der Waals surface area contributed by atoms with E-state index in [1.165, 1.54) is 22.2 Å². The molecule has 2 aromatic rings. The molecule has 1 fully saturated rings. The highest BCUT2D eigenvalue weighted by Crippen LogP contribution is 2.28. The molecular weight excluding hydrogens is 354 g/mol. The predicted octanol–water partition coefficient (Wildman–Crippen LogP) is 0.848. The average Bonchev–Trinajstić information content (AvgIpc) is 2.98. The molecule has 0 aromatic carbocycles.